The molecule has 0 bridgehead atoms. The minimum absolute atomic E-state index is 0.0580. The topological polar surface area (TPSA) is 56.6 Å². The number of carbonyl (C=O) groups is 1. The monoisotopic (exact) mass is 489 g/mol. The van der Waals surface area contributed by atoms with Gasteiger partial charge in [-0.2, -0.15) is 0 Å². The van der Waals surface area contributed by atoms with Gasteiger partial charge in [0, 0.05) is 35.6 Å². The van der Waals surface area contributed by atoms with Gasteiger partial charge in [0.15, 0.2) is 16.7 Å². The lowest BCUT2D eigenvalue weighted by molar-refractivity contribution is -0.128. The molecule has 0 N–H and O–H groups in total. The Balaban J connectivity index is 1.65. The van der Waals surface area contributed by atoms with Crippen molar-refractivity contribution >= 4 is 33.6 Å². The van der Waals surface area contributed by atoms with Crippen LogP contribution in [0.5, 0.6) is 11.5 Å². The third kappa shape index (κ3) is 5.37. The van der Waals surface area contributed by atoms with Crippen LogP contribution in [0.4, 0.5) is 0 Å². The molecule has 0 fully saturated rings. The summed E-state index contributed by atoms with van der Waals surface area (Å²) in [6, 6.07) is 13.7. The Morgan fingerprint density at radius 2 is 1.87 bits per heavy atom. The van der Waals surface area contributed by atoms with Crippen molar-refractivity contribution in [1.82, 2.24) is 14.5 Å². The summed E-state index contributed by atoms with van der Waals surface area (Å²) in [7, 11) is 3.21. The minimum atomic E-state index is 0.0580. The van der Waals surface area contributed by atoms with Crippen molar-refractivity contribution < 1.29 is 14.3 Å². The molecule has 1 aromatic heterocycles. The Bertz CT molecular complexity index is 992. The molecule has 0 unspecified atom stereocenters. The van der Waals surface area contributed by atoms with E-state index in [1.807, 2.05) is 65.1 Å². The van der Waals surface area contributed by atoms with E-state index in [4.69, 9.17) is 9.47 Å². The number of aromatic nitrogens is 2. The van der Waals surface area contributed by atoms with E-state index in [2.05, 4.69) is 20.9 Å². The lowest BCUT2D eigenvalue weighted by atomic mass is 10.2. The second kappa shape index (κ2) is 10.5. The number of methoxy groups -OCH3 is 2. The predicted octanol–water partition coefficient (Wildman–Crippen LogP) is 4.79. The lowest BCUT2D eigenvalue weighted by Crippen LogP contribution is -2.31. The molecule has 0 saturated carbocycles. The van der Waals surface area contributed by atoms with Crippen molar-refractivity contribution in [3.63, 3.8) is 0 Å². The molecule has 3 rings (SSSR count). The number of amides is 1. The predicted molar refractivity (Wildman–Crippen MR) is 123 cm³/mol. The summed E-state index contributed by atoms with van der Waals surface area (Å²) in [5.41, 5.74) is 1.99. The molecule has 0 aliphatic rings. The normalized spacial score (nSPS) is 10.7. The van der Waals surface area contributed by atoms with Crippen LogP contribution < -0.4 is 9.47 Å². The number of carbonyl (C=O) groups excluding carboxylic acids is 1. The van der Waals surface area contributed by atoms with E-state index in [-0.39, 0.29) is 5.91 Å². The SMILES string of the molecule is CCN(Cc1ccc(OC)c(OC)c1)C(=O)CSc1nccn1-c1ccc(Br)cc1. The molecular formula is C22H24BrN3O3S. The van der Waals surface area contributed by atoms with Gasteiger partial charge in [0.1, 0.15) is 0 Å². The van der Waals surface area contributed by atoms with Gasteiger partial charge in [0.05, 0.1) is 20.0 Å². The van der Waals surface area contributed by atoms with E-state index < -0.39 is 0 Å². The Labute approximate surface area is 189 Å². The molecule has 158 valence electrons. The van der Waals surface area contributed by atoms with Crippen molar-refractivity contribution in [2.45, 2.75) is 18.6 Å². The van der Waals surface area contributed by atoms with Crippen molar-refractivity contribution in [2.75, 3.05) is 26.5 Å². The van der Waals surface area contributed by atoms with Crippen LogP contribution in [0.15, 0.2) is 64.5 Å². The van der Waals surface area contributed by atoms with Gasteiger partial charge in [-0.3, -0.25) is 9.36 Å². The van der Waals surface area contributed by atoms with Gasteiger partial charge >= 0.3 is 0 Å². The fraction of sp³-hybridized carbons (Fsp3) is 0.273. The Morgan fingerprint density at radius 1 is 1.13 bits per heavy atom. The van der Waals surface area contributed by atoms with Crippen LogP contribution in [0.3, 0.4) is 0 Å². The summed E-state index contributed by atoms with van der Waals surface area (Å²) in [6.07, 6.45) is 3.65. The molecule has 0 saturated heterocycles. The van der Waals surface area contributed by atoms with Crippen LogP contribution in [0.25, 0.3) is 5.69 Å². The molecule has 30 heavy (non-hydrogen) atoms. The lowest BCUT2D eigenvalue weighted by Gasteiger charge is -2.21. The number of imidazole rings is 1. The molecule has 1 amide bonds. The van der Waals surface area contributed by atoms with Crippen LogP contribution in [-0.4, -0.2) is 46.9 Å². The van der Waals surface area contributed by atoms with E-state index in [9.17, 15) is 4.79 Å². The average molecular weight is 490 g/mol. The molecule has 0 aliphatic carbocycles. The zero-order chi connectivity index (χ0) is 21.5. The zero-order valence-corrected chi connectivity index (χ0v) is 19.6. The van der Waals surface area contributed by atoms with Crippen LogP contribution >= 0.6 is 27.7 Å². The highest BCUT2D eigenvalue weighted by atomic mass is 79.9. The number of rotatable bonds is 9. The number of thioether (sulfide) groups is 1. The summed E-state index contributed by atoms with van der Waals surface area (Å²) in [4.78, 5) is 19.1. The first-order chi connectivity index (χ1) is 14.5. The van der Waals surface area contributed by atoms with Crippen LogP contribution in [0, 0.1) is 0 Å². The van der Waals surface area contributed by atoms with Gasteiger partial charge in [-0.05, 0) is 48.9 Å². The average Bonchev–Trinajstić information content (AvgIpc) is 3.24. The fourth-order valence-corrected chi connectivity index (χ4v) is 4.13. The van der Waals surface area contributed by atoms with Crippen LogP contribution in [0.2, 0.25) is 0 Å². The highest BCUT2D eigenvalue weighted by molar-refractivity contribution is 9.10. The van der Waals surface area contributed by atoms with E-state index in [0.29, 0.717) is 30.3 Å². The molecule has 6 nitrogen and oxygen atoms in total. The third-order valence-corrected chi connectivity index (χ3v) is 6.07. The second-order valence-electron chi connectivity index (χ2n) is 6.44. The Hall–Kier alpha value is -2.45. The number of hydrogen-bond donors (Lipinski definition) is 0. The van der Waals surface area contributed by atoms with Crippen LogP contribution in [-0.2, 0) is 11.3 Å². The molecule has 1 heterocycles. The summed E-state index contributed by atoms with van der Waals surface area (Å²) in [5, 5.41) is 0.785. The summed E-state index contributed by atoms with van der Waals surface area (Å²) >= 11 is 4.88. The summed E-state index contributed by atoms with van der Waals surface area (Å²) in [5.74, 6) is 1.70. The third-order valence-electron chi connectivity index (χ3n) is 4.59. The summed E-state index contributed by atoms with van der Waals surface area (Å²) in [6.45, 7) is 3.11. The first kappa shape index (κ1) is 22.2. The van der Waals surface area contributed by atoms with Gasteiger partial charge in [-0.1, -0.05) is 33.8 Å². The van der Waals surface area contributed by atoms with Gasteiger partial charge < -0.3 is 14.4 Å². The first-order valence-electron chi connectivity index (χ1n) is 9.46. The molecule has 3 aromatic rings. The quantitative estimate of drug-likeness (QED) is 0.404. The minimum Gasteiger partial charge on any atom is -0.493 e. The molecule has 8 heteroatoms. The molecule has 0 radical (unpaired) electrons. The van der Waals surface area contributed by atoms with E-state index >= 15 is 0 Å². The fourth-order valence-electron chi connectivity index (χ4n) is 2.99. The first-order valence-corrected chi connectivity index (χ1v) is 11.2. The number of benzene rings is 2. The number of ether oxygens (including phenoxy) is 2. The van der Waals surface area contributed by atoms with Gasteiger partial charge in [-0.15, -0.1) is 0 Å². The van der Waals surface area contributed by atoms with Crippen LogP contribution in [0.1, 0.15) is 12.5 Å². The highest BCUT2D eigenvalue weighted by Gasteiger charge is 2.16. The van der Waals surface area contributed by atoms with E-state index in [1.54, 1.807) is 20.4 Å². The van der Waals surface area contributed by atoms with Gasteiger partial charge in [0.2, 0.25) is 5.91 Å². The Kier molecular flexibility index (Phi) is 7.81. The molecular weight excluding hydrogens is 466 g/mol. The standard InChI is InChI=1S/C22H24BrN3O3S/c1-4-25(14-16-5-10-19(28-2)20(13-16)29-3)21(27)15-30-22-24-11-12-26(22)18-8-6-17(23)7-9-18/h5-13H,4,14-15H2,1-3H3. The maximum Gasteiger partial charge on any atom is 0.233 e. The number of nitrogens with zero attached hydrogens (tertiary/aromatic N) is 3. The van der Waals surface area contributed by atoms with Gasteiger partial charge in [0.25, 0.3) is 0 Å². The molecule has 0 atom stereocenters. The second-order valence-corrected chi connectivity index (χ2v) is 8.30. The largest absolute Gasteiger partial charge is 0.493 e. The maximum absolute atomic E-state index is 12.8. The van der Waals surface area contributed by atoms with Crippen molar-refractivity contribution in [3.8, 4) is 17.2 Å². The highest BCUT2D eigenvalue weighted by Crippen LogP contribution is 2.28. The van der Waals surface area contributed by atoms with Crippen molar-refractivity contribution in [1.29, 1.82) is 0 Å². The summed E-state index contributed by atoms with van der Waals surface area (Å²) < 4.78 is 13.6. The molecule has 0 spiro atoms. The number of hydrogen-bond acceptors (Lipinski definition) is 5. The smallest absolute Gasteiger partial charge is 0.233 e. The van der Waals surface area contributed by atoms with Gasteiger partial charge in [-0.25, -0.2) is 4.98 Å². The van der Waals surface area contributed by atoms with Crippen molar-refractivity contribution in [2.24, 2.45) is 0 Å². The molecule has 0 aliphatic heterocycles. The van der Waals surface area contributed by atoms with E-state index in [1.165, 1.54) is 11.8 Å². The maximum atomic E-state index is 12.8. The Morgan fingerprint density at radius 3 is 2.53 bits per heavy atom. The zero-order valence-electron chi connectivity index (χ0n) is 17.2. The van der Waals surface area contributed by atoms with E-state index in [0.717, 1.165) is 20.9 Å². The number of halogens is 1. The molecule has 2 aromatic carbocycles. The van der Waals surface area contributed by atoms with Crippen molar-refractivity contribution in [3.05, 3.63) is 64.9 Å².